The van der Waals surface area contributed by atoms with Crippen LogP contribution in [0.1, 0.15) is 112 Å². The number of thiophene rings is 1. The minimum absolute atomic E-state index is 0.201. The van der Waals surface area contributed by atoms with Crippen molar-refractivity contribution in [2.24, 2.45) is 0 Å². The van der Waals surface area contributed by atoms with Gasteiger partial charge in [-0.3, -0.25) is 5.32 Å². The molecule has 1 amide bonds. The zero-order chi connectivity index (χ0) is 21.5. The first-order valence-corrected chi connectivity index (χ1v) is 12.1. The first kappa shape index (κ1) is 25.5. The quantitative estimate of drug-likeness (QED) is 0.268. The molecule has 1 aromatic rings. The topological polar surface area (TPSA) is 75.6 Å². The lowest BCUT2D eigenvalue weighted by Gasteiger charge is -2.06. The molecule has 0 fully saturated rings. The smallest absolute Gasteiger partial charge is 0.412 e. The molecule has 0 aliphatic carbocycles. The highest BCUT2D eigenvalue weighted by atomic mass is 32.1. The second-order valence-electron chi connectivity index (χ2n) is 7.71. The van der Waals surface area contributed by atoms with Gasteiger partial charge in [0.2, 0.25) is 0 Å². The number of aromatic carboxylic acids is 1. The summed E-state index contributed by atoms with van der Waals surface area (Å²) in [5.41, 5.74) is 0.967. The third-order valence-electron chi connectivity index (χ3n) is 5.16. The minimum atomic E-state index is -1.00. The van der Waals surface area contributed by atoms with Crippen LogP contribution in [0.2, 0.25) is 0 Å². The van der Waals surface area contributed by atoms with Gasteiger partial charge < -0.3 is 9.84 Å². The molecule has 0 atom stereocenters. The van der Waals surface area contributed by atoms with Crippen molar-refractivity contribution in [1.82, 2.24) is 0 Å². The van der Waals surface area contributed by atoms with E-state index in [0.29, 0.717) is 11.6 Å². The Kier molecular flexibility index (Phi) is 13.4. The van der Waals surface area contributed by atoms with E-state index in [1.54, 1.807) is 0 Å². The molecule has 29 heavy (non-hydrogen) atoms. The summed E-state index contributed by atoms with van der Waals surface area (Å²) in [7, 11) is 0. The zero-order valence-corrected chi connectivity index (χ0v) is 19.3. The highest BCUT2D eigenvalue weighted by Crippen LogP contribution is 2.34. The van der Waals surface area contributed by atoms with E-state index >= 15 is 0 Å². The first-order chi connectivity index (χ1) is 14.0. The number of aryl methyl sites for hydroxylation is 1. The van der Waals surface area contributed by atoms with Crippen LogP contribution in [0.3, 0.4) is 0 Å². The van der Waals surface area contributed by atoms with Gasteiger partial charge >= 0.3 is 12.1 Å². The Morgan fingerprint density at radius 2 is 1.45 bits per heavy atom. The van der Waals surface area contributed by atoms with Crippen molar-refractivity contribution in [3.05, 3.63) is 16.0 Å². The summed E-state index contributed by atoms with van der Waals surface area (Å²) in [4.78, 5) is 24.8. The van der Waals surface area contributed by atoms with Crippen molar-refractivity contribution in [2.45, 2.75) is 104 Å². The van der Waals surface area contributed by atoms with E-state index in [9.17, 15) is 14.7 Å². The van der Waals surface area contributed by atoms with Crippen molar-refractivity contribution in [2.75, 3.05) is 11.9 Å². The van der Waals surface area contributed by atoms with Crippen LogP contribution in [-0.4, -0.2) is 23.8 Å². The molecule has 0 spiro atoms. The van der Waals surface area contributed by atoms with Gasteiger partial charge in [0.05, 0.1) is 12.2 Å². The van der Waals surface area contributed by atoms with Gasteiger partial charge in [-0.25, -0.2) is 9.59 Å². The number of rotatable bonds is 16. The Hall–Kier alpha value is -1.56. The third kappa shape index (κ3) is 10.2. The number of hydrogen-bond acceptors (Lipinski definition) is 4. The van der Waals surface area contributed by atoms with E-state index in [0.717, 1.165) is 49.0 Å². The average Bonchev–Trinajstić information content (AvgIpc) is 2.99. The van der Waals surface area contributed by atoms with E-state index < -0.39 is 12.1 Å². The number of carboxylic acid groups (broad SMARTS) is 1. The van der Waals surface area contributed by atoms with E-state index in [-0.39, 0.29) is 5.56 Å². The van der Waals surface area contributed by atoms with Crippen LogP contribution >= 0.6 is 11.3 Å². The summed E-state index contributed by atoms with van der Waals surface area (Å²) in [6.07, 6.45) is 14.2. The summed E-state index contributed by atoms with van der Waals surface area (Å²) in [5, 5.41) is 12.6. The predicted octanol–water partition coefficient (Wildman–Crippen LogP) is 7.57. The van der Waals surface area contributed by atoms with Crippen molar-refractivity contribution in [1.29, 1.82) is 0 Å². The second kappa shape index (κ2) is 15.3. The summed E-state index contributed by atoms with van der Waals surface area (Å²) >= 11 is 1.37. The number of ether oxygens (including phenoxy) is 1. The number of carbonyl (C=O) groups is 2. The van der Waals surface area contributed by atoms with Gasteiger partial charge in [0, 0.05) is 4.88 Å². The van der Waals surface area contributed by atoms with Gasteiger partial charge in [0.15, 0.2) is 0 Å². The molecule has 1 heterocycles. The highest BCUT2D eigenvalue weighted by Gasteiger charge is 2.22. The number of anilines is 1. The number of nitrogens with one attached hydrogen (secondary N) is 1. The number of amides is 1. The van der Waals surface area contributed by atoms with E-state index in [2.05, 4.69) is 19.2 Å². The number of carbonyl (C=O) groups excluding carboxylic acids is 1. The first-order valence-electron chi connectivity index (χ1n) is 11.3. The van der Waals surface area contributed by atoms with E-state index in [1.165, 1.54) is 56.3 Å². The number of hydrogen-bond donors (Lipinski definition) is 2. The van der Waals surface area contributed by atoms with Crippen LogP contribution in [0.25, 0.3) is 0 Å². The van der Waals surface area contributed by atoms with Gasteiger partial charge in [-0.05, 0) is 31.7 Å². The van der Waals surface area contributed by atoms with Crippen molar-refractivity contribution >= 4 is 28.4 Å². The molecular formula is C23H39NO4S. The molecule has 0 saturated heterocycles. The van der Waals surface area contributed by atoms with Crippen LogP contribution in [0.5, 0.6) is 0 Å². The molecule has 0 aliphatic heterocycles. The third-order valence-corrected chi connectivity index (χ3v) is 6.43. The molecule has 0 aromatic carbocycles. The second-order valence-corrected chi connectivity index (χ2v) is 8.81. The Labute approximate surface area is 180 Å². The monoisotopic (exact) mass is 425 g/mol. The molecule has 0 bridgehead atoms. The Morgan fingerprint density at radius 3 is 2.03 bits per heavy atom. The number of unbranched alkanes of at least 4 members (excludes halogenated alkanes) is 10. The average molecular weight is 426 g/mol. The van der Waals surface area contributed by atoms with Crippen LogP contribution in [0.15, 0.2) is 0 Å². The molecule has 5 nitrogen and oxygen atoms in total. The van der Waals surface area contributed by atoms with Crippen molar-refractivity contribution in [3.63, 3.8) is 0 Å². The Balaban J connectivity index is 2.48. The fourth-order valence-corrected chi connectivity index (χ4v) is 4.61. The molecule has 0 unspecified atom stereocenters. The fourth-order valence-electron chi connectivity index (χ4n) is 3.39. The van der Waals surface area contributed by atoms with Crippen molar-refractivity contribution in [3.8, 4) is 0 Å². The minimum Gasteiger partial charge on any atom is -0.478 e. The van der Waals surface area contributed by atoms with E-state index in [1.807, 2.05) is 6.92 Å². The molecule has 6 heteroatoms. The Morgan fingerprint density at radius 1 is 0.897 bits per heavy atom. The van der Waals surface area contributed by atoms with E-state index in [4.69, 9.17) is 4.74 Å². The van der Waals surface area contributed by atoms with Gasteiger partial charge in [-0.2, -0.15) is 0 Å². The molecular weight excluding hydrogens is 386 g/mol. The maximum absolute atomic E-state index is 12.1. The number of carboxylic acids is 1. The SMILES string of the molecule is CCCCCCCCOC(=O)Nc1sc(CCCCCCCC)c(C)c1C(=O)O. The normalized spacial score (nSPS) is 10.9. The maximum atomic E-state index is 12.1. The molecule has 1 rings (SSSR count). The van der Waals surface area contributed by atoms with Crippen LogP contribution in [0.4, 0.5) is 9.80 Å². The van der Waals surface area contributed by atoms with Crippen LogP contribution in [0, 0.1) is 6.92 Å². The Bertz CT molecular complexity index is 612. The lowest BCUT2D eigenvalue weighted by Crippen LogP contribution is -2.15. The van der Waals surface area contributed by atoms with Gasteiger partial charge in [-0.15, -0.1) is 11.3 Å². The van der Waals surface area contributed by atoms with Gasteiger partial charge in [0.1, 0.15) is 5.00 Å². The molecule has 0 saturated carbocycles. The zero-order valence-electron chi connectivity index (χ0n) is 18.5. The summed E-state index contributed by atoms with van der Waals surface area (Å²) in [6, 6.07) is 0. The lowest BCUT2D eigenvalue weighted by atomic mass is 10.1. The fraction of sp³-hybridized carbons (Fsp3) is 0.739. The molecule has 1 aromatic heterocycles. The summed E-state index contributed by atoms with van der Waals surface area (Å²) < 4.78 is 5.24. The van der Waals surface area contributed by atoms with Gasteiger partial charge in [0.25, 0.3) is 0 Å². The highest BCUT2D eigenvalue weighted by molar-refractivity contribution is 7.16. The molecule has 0 aliphatic rings. The van der Waals surface area contributed by atoms with Crippen LogP contribution in [-0.2, 0) is 11.2 Å². The summed E-state index contributed by atoms with van der Waals surface area (Å²) in [6.45, 7) is 6.59. The molecule has 2 N–H and O–H groups in total. The predicted molar refractivity (Wildman–Crippen MR) is 121 cm³/mol. The maximum Gasteiger partial charge on any atom is 0.412 e. The van der Waals surface area contributed by atoms with Crippen LogP contribution < -0.4 is 5.32 Å². The van der Waals surface area contributed by atoms with Crippen molar-refractivity contribution < 1.29 is 19.4 Å². The lowest BCUT2D eigenvalue weighted by molar-refractivity contribution is 0.0697. The standard InChI is InChI=1S/C23H39NO4S/c1-4-6-8-10-12-14-16-19-18(3)20(22(25)26)21(29-19)24-23(27)28-17-15-13-11-9-7-5-2/h4-17H2,1-3H3,(H,24,27)(H,25,26). The summed E-state index contributed by atoms with van der Waals surface area (Å²) in [5.74, 6) is -1.00. The molecule has 166 valence electrons. The largest absolute Gasteiger partial charge is 0.478 e. The molecule has 0 radical (unpaired) electrons. The van der Waals surface area contributed by atoms with Gasteiger partial charge in [-0.1, -0.05) is 78.1 Å².